The molecule has 1 aromatic heterocycles. The molecule has 0 saturated carbocycles. The normalized spacial score (nSPS) is 17.1. The van der Waals surface area contributed by atoms with Gasteiger partial charge in [-0.3, -0.25) is 15.0 Å². The van der Waals surface area contributed by atoms with E-state index in [2.05, 4.69) is 27.3 Å². The summed E-state index contributed by atoms with van der Waals surface area (Å²) >= 11 is 14.0. The molecule has 0 radical (unpaired) electrons. The fraction of sp³-hybridized carbons (Fsp3) is 0.333. The predicted octanol–water partition coefficient (Wildman–Crippen LogP) is 4.28. The van der Waals surface area contributed by atoms with Crippen LogP contribution in [0.15, 0.2) is 47.4 Å². The van der Waals surface area contributed by atoms with Gasteiger partial charge in [-0.1, -0.05) is 53.5 Å². The molecule has 1 fully saturated rings. The van der Waals surface area contributed by atoms with Crippen LogP contribution in [-0.4, -0.2) is 61.4 Å². The second-order valence-corrected chi connectivity index (χ2v) is 12.4. The highest BCUT2D eigenvalue weighted by Gasteiger charge is 2.30. The number of amides is 1. The van der Waals surface area contributed by atoms with Crippen LogP contribution in [0.4, 0.5) is 5.13 Å². The zero-order valence-electron chi connectivity index (χ0n) is 19.2. The molecule has 2 aliphatic rings. The molecular weight excluding hydrogens is 543 g/mol. The lowest BCUT2D eigenvalue weighted by atomic mass is 10.1. The molecule has 190 valence electrons. The van der Waals surface area contributed by atoms with E-state index in [0.717, 1.165) is 36.6 Å². The fourth-order valence-corrected chi connectivity index (χ4v) is 7.56. The summed E-state index contributed by atoms with van der Waals surface area (Å²) in [5.41, 5.74) is 2.24. The number of carbonyl (C=O) groups is 1. The summed E-state index contributed by atoms with van der Waals surface area (Å²) in [6.07, 6.45) is 0.790. The molecule has 3 aromatic rings. The van der Waals surface area contributed by atoms with Gasteiger partial charge in [-0.2, -0.15) is 4.31 Å². The van der Waals surface area contributed by atoms with Gasteiger partial charge in [-0.25, -0.2) is 13.4 Å². The van der Waals surface area contributed by atoms with Gasteiger partial charge < -0.3 is 4.74 Å². The third kappa shape index (κ3) is 5.45. The van der Waals surface area contributed by atoms with Gasteiger partial charge in [0.2, 0.25) is 10.0 Å². The van der Waals surface area contributed by atoms with Crippen molar-refractivity contribution in [3.05, 3.63) is 74.2 Å². The van der Waals surface area contributed by atoms with Gasteiger partial charge in [-0.05, 0) is 17.7 Å². The zero-order valence-corrected chi connectivity index (χ0v) is 22.4. The van der Waals surface area contributed by atoms with Gasteiger partial charge in [-0.15, -0.1) is 11.3 Å². The first-order valence-electron chi connectivity index (χ1n) is 11.4. The minimum Gasteiger partial charge on any atom is -0.379 e. The molecule has 2 aliphatic heterocycles. The van der Waals surface area contributed by atoms with E-state index in [-0.39, 0.29) is 33.6 Å². The predicted molar refractivity (Wildman–Crippen MR) is 140 cm³/mol. The van der Waals surface area contributed by atoms with E-state index in [1.54, 1.807) is 0 Å². The van der Waals surface area contributed by atoms with Crippen molar-refractivity contribution in [2.24, 2.45) is 0 Å². The van der Waals surface area contributed by atoms with Gasteiger partial charge in [0, 0.05) is 44.0 Å². The highest BCUT2D eigenvalue weighted by Crippen LogP contribution is 2.33. The molecule has 0 bridgehead atoms. The van der Waals surface area contributed by atoms with E-state index in [1.807, 2.05) is 18.2 Å². The van der Waals surface area contributed by atoms with E-state index in [0.29, 0.717) is 18.3 Å². The summed E-state index contributed by atoms with van der Waals surface area (Å²) in [7, 11) is -3.91. The number of rotatable bonds is 6. The largest absolute Gasteiger partial charge is 0.379 e. The first-order valence-corrected chi connectivity index (χ1v) is 14.5. The molecule has 0 aliphatic carbocycles. The van der Waals surface area contributed by atoms with Gasteiger partial charge in [0.1, 0.15) is 4.90 Å². The summed E-state index contributed by atoms with van der Waals surface area (Å²) in [5, 5.41) is 3.27. The quantitative estimate of drug-likeness (QED) is 0.478. The van der Waals surface area contributed by atoms with Crippen molar-refractivity contribution < 1.29 is 17.9 Å². The number of carbonyl (C=O) groups excluding carboxylic acids is 1. The Bertz CT molecular complexity index is 1380. The van der Waals surface area contributed by atoms with Crippen molar-refractivity contribution in [3.63, 3.8) is 0 Å². The molecule has 8 nitrogen and oxygen atoms in total. The number of hydrogen-bond donors (Lipinski definition) is 1. The van der Waals surface area contributed by atoms with E-state index in [4.69, 9.17) is 27.9 Å². The molecular formula is C24H24Cl2N4O4S2. The molecule has 5 rings (SSSR count). The van der Waals surface area contributed by atoms with Gasteiger partial charge in [0.05, 0.1) is 34.5 Å². The number of thiazole rings is 1. The number of nitrogens with zero attached hydrogens (tertiary/aromatic N) is 3. The minimum absolute atomic E-state index is 0.0202. The Hall–Kier alpha value is -2.05. The van der Waals surface area contributed by atoms with Gasteiger partial charge in [0.15, 0.2) is 5.13 Å². The first-order chi connectivity index (χ1) is 17.3. The molecule has 12 heteroatoms. The monoisotopic (exact) mass is 566 g/mol. The van der Waals surface area contributed by atoms with Crippen LogP contribution in [0, 0.1) is 0 Å². The number of benzene rings is 2. The SMILES string of the molecule is O=C(Nc1nc2c(s1)CN(Cc1ccccc1)CC2)c1cc(S(=O)(=O)N2CCOCC2)c(Cl)cc1Cl. The van der Waals surface area contributed by atoms with Crippen LogP contribution < -0.4 is 5.32 Å². The number of sulfonamides is 1. The van der Waals surface area contributed by atoms with Crippen molar-refractivity contribution >= 4 is 55.6 Å². The summed E-state index contributed by atoms with van der Waals surface area (Å²) < 4.78 is 32.8. The highest BCUT2D eigenvalue weighted by molar-refractivity contribution is 7.89. The summed E-state index contributed by atoms with van der Waals surface area (Å²) in [4.78, 5) is 21.0. The lowest BCUT2D eigenvalue weighted by molar-refractivity contribution is 0.0730. The van der Waals surface area contributed by atoms with E-state index in [1.165, 1.54) is 33.3 Å². The summed E-state index contributed by atoms with van der Waals surface area (Å²) in [5.74, 6) is -0.540. The van der Waals surface area contributed by atoms with E-state index < -0.39 is 15.9 Å². The Morgan fingerprint density at radius 2 is 1.83 bits per heavy atom. The molecule has 0 spiro atoms. The van der Waals surface area contributed by atoms with Crippen molar-refractivity contribution in [2.75, 3.05) is 38.2 Å². The average Bonchev–Trinajstić information content (AvgIpc) is 3.26. The highest BCUT2D eigenvalue weighted by atomic mass is 35.5. The smallest absolute Gasteiger partial charge is 0.259 e. The second-order valence-electron chi connectivity index (χ2n) is 8.57. The lowest BCUT2D eigenvalue weighted by Gasteiger charge is -2.26. The molecule has 2 aromatic carbocycles. The first kappa shape index (κ1) is 25.6. The summed E-state index contributed by atoms with van der Waals surface area (Å²) in [6, 6.07) is 12.8. The third-order valence-corrected chi connectivity index (χ3v) is 9.81. The van der Waals surface area contributed by atoms with E-state index in [9.17, 15) is 13.2 Å². The van der Waals surface area contributed by atoms with E-state index >= 15 is 0 Å². The Labute approximate surface area is 223 Å². The van der Waals surface area contributed by atoms with Gasteiger partial charge >= 0.3 is 0 Å². The Morgan fingerprint density at radius 3 is 2.58 bits per heavy atom. The zero-order chi connectivity index (χ0) is 25.3. The maximum atomic E-state index is 13.1. The number of aromatic nitrogens is 1. The van der Waals surface area contributed by atoms with Crippen molar-refractivity contribution in [1.82, 2.24) is 14.2 Å². The lowest BCUT2D eigenvalue weighted by Crippen LogP contribution is -2.40. The maximum absolute atomic E-state index is 13.1. The molecule has 1 amide bonds. The number of fused-ring (bicyclic) bond motifs is 1. The number of morpholine rings is 1. The van der Waals surface area contributed by atoms with Gasteiger partial charge in [0.25, 0.3) is 5.91 Å². The Morgan fingerprint density at radius 1 is 1.08 bits per heavy atom. The maximum Gasteiger partial charge on any atom is 0.259 e. The standard InChI is InChI=1S/C24H24Cl2N4O4S2/c25-18-13-19(26)22(36(32,33)30-8-10-34-11-9-30)12-17(18)23(31)28-24-27-20-6-7-29(15-21(20)35-24)14-16-4-2-1-3-5-16/h1-5,12-13H,6-11,14-15H2,(H,27,28,31). The van der Waals surface area contributed by atoms with Crippen LogP contribution in [0.1, 0.15) is 26.5 Å². The minimum atomic E-state index is -3.91. The third-order valence-electron chi connectivity index (χ3n) is 6.13. The number of hydrogen-bond acceptors (Lipinski definition) is 7. The molecule has 0 unspecified atom stereocenters. The van der Waals surface area contributed by atoms with Crippen molar-refractivity contribution in [3.8, 4) is 0 Å². The van der Waals surface area contributed by atoms with Crippen LogP contribution >= 0.6 is 34.5 Å². The average molecular weight is 568 g/mol. The molecule has 0 atom stereocenters. The second kappa shape index (κ2) is 10.7. The van der Waals surface area contributed by atoms with Crippen LogP contribution in [0.25, 0.3) is 0 Å². The number of anilines is 1. The fourth-order valence-electron chi connectivity index (χ4n) is 4.27. The molecule has 1 saturated heterocycles. The van der Waals surface area contributed by atoms with Crippen LogP contribution in [0.5, 0.6) is 0 Å². The summed E-state index contributed by atoms with van der Waals surface area (Å²) in [6.45, 7) is 3.51. The number of ether oxygens (including phenoxy) is 1. The number of halogens is 2. The topological polar surface area (TPSA) is 91.8 Å². The van der Waals surface area contributed by atoms with Crippen LogP contribution in [0.2, 0.25) is 10.0 Å². The molecule has 36 heavy (non-hydrogen) atoms. The van der Waals surface area contributed by atoms with Crippen LogP contribution in [-0.2, 0) is 34.3 Å². The molecule has 1 N–H and O–H groups in total. The van der Waals surface area contributed by atoms with Crippen molar-refractivity contribution in [1.29, 1.82) is 0 Å². The van der Waals surface area contributed by atoms with Crippen LogP contribution in [0.3, 0.4) is 0 Å². The molecule has 3 heterocycles. The Balaban J connectivity index is 1.32. The number of nitrogens with one attached hydrogen (secondary N) is 1. The van der Waals surface area contributed by atoms with Crippen molar-refractivity contribution in [2.45, 2.75) is 24.4 Å². The Kier molecular flexibility index (Phi) is 7.64.